The molecule has 3 atom stereocenters. The summed E-state index contributed by atoms with van der Waals surface area (Å²) in [6.45, 7) is -0.672. The van der Waals surface area contributed by atoms with Crippen molar-refractivity contribution in [3.8, 4) is 0 Å². The lowest BCUT2D eigenvalue weighted by atomic mass is 9.98. The molecule has 0 saturated carbocycles. The van der Waals surface area contributed by atoms with Gasteiger partial charge in [0.1, 0.15) is 12.2 Å². The Bertz CT molecular complexity index is 1730. The van der Waals surface area contributed by atoms with Crippen LogP contribution in [0.3, 0.4) is 0 Å². The van der Waals surface area contributed by atoms with Crippen LogP contribution >= 0.6 is 0 Å². The van der Waals surface area contributed by atoms with Gasteiger partial charge in [-0.1, -0.05) is 47.7 Å². The van der Waals surface area contributed by atoms with E-state index in [9.17, 15) is 42.1 Å². The van der Waals surface area contributed by atoms with Crippen molar-refractivity contribution in [3.63, 3.8) is 0 Å². The van der Waals surface area contributed by atoms with Crippen LogP contribution in [0.2, 0.25) is 0 Å². The van der Waals surface area contributed by atoms with E-state index in [2.05, 4.69) is 15.4 Å². The molecule has 3 aliphatic rings. The molecule has 1 fully saturated rings. The molecule has 218 valence electrons. The van der Waals surface area contributed by atoms with Crippen molar-refractivity contribution in [2.75, 3.05) is 11.4 Å². The van der Waals surface area contributed by atoms with Gasteiger partial charge in [0.15, 0.2) is 35.4 Å². The van der Waals surface area contributed by atoms with Crippen molar-refractivity contribution in [2.45, 2.75) is 24.5 Å². The predicted octanol–water partition coefficient (Wildman–Crippen LogP) is 3.82. The van der Waals surface area contributed by atoms with Crippen LogP contribution in [-0.2, 0) is 14.4 Å². The standard InChI is InChI=1S/C27H17F4N7O5/c28-16-10-17(29)22(31)24(21(16)30)36-26(40)23-25(27(36)41)35(34-32-23)12-20(39)37-19(14-6-8-15(9-7-14)38(42)43)11-18(33-37)13-4-2-1-3-5-13/h1-10,19,23,25H,11-12H2. The second-order valence-corrected chi connectivity index (χ2v) is 9.74. The molecule has 0 N–H and O–H groups in total. The van der Waals surface area contributed by atoms with Crippen LogP contribution in [0, 0.1) is 33.4 Å². The average molecular weight is 595 g/mol. The summed E-state index contributed by atoms with van der Waals surface area (Å²) in [7, 11) is 0. The zero-order chi connectivity index (χ0) is 30.6. The maximum absolute atomic E-state index is 14.5. The molecule has 16 heteroatoms. The lowest BCUT2D eigenvalue weighted by Crippen LogP contribution is -2.45. The third-order valence-electron chi connectivity index (χ3n) is 7.23. The molecule has 3 aliphatic heterocycles. The molecule has 6 rings (SSSR count). The molecular formula is C27H17F4N7O5. The number of nitro benzene ring substituents is 1. The van der Waals surface area contributed by atoms with Gasteiger partial charge >= 0.3 is 0 Å². The number of non-ortho nitro benzene ring substituents is 1. The summed E-state index contributed by atoms with van der Waals surface area (Å²) in [5.41, 5.74) is 0.0670. The average Bonchev–Trinajstić information content (AvgIpc) is 3.69. The van der Waals surface area contributed by atoms with Gasteiger partial charge in [-0.3, -0.25) is 29.5 Å². The van der Waals surface area contributed by atoms with Gasteiger partial charge in [0.05, 0.1) is 16.7 Å². The van der Waals surface area contributed by atoms with E-state index < -0.39 is 76.3 Å². The first-order chi connectivity index (χ1) is 20.6. The van der Waals surface area contributed by atoms with Crippen molar-refractivity contribution in [3.05, 3.63) is 105 Å². The molecule has 3 amide bonds. The molecule has 3 unspecified atom stereocenters. The summed E-state index contributed by atoms with van der Waals surface area (Å²) in [6.07, 6.45) is 0.232. The molecule has 1 saturated heterocycles. The number of hydrogen-bond acceptors (Lipinski definition) is 9. The highest BCUT2D eigenvalue weighted by Gasteiger charge is 2.57. The van der Waals surface area contributed by atoms with Gasteiger partial charge in [0.2, 0.25) is 0 Å². The molecular weight excluding hydrogens is 578 g/mol. The fraction of sp³-hybridized carbons (Fsp3) is 0.185. The Kier molecular flexibility index (Phi) is 6.67. The molecule has 0 aliphatic carbocycles. The Hall–Kier alpha value is -5.54. The Morgan fingerprint density at radius 1 is 0.953 bits per heavy atom. The van der Waals surface area contributed by atoms with Crippen LogP contribution in [0.5, 0.6) is 0 Å². The molecule has 0 radical (unpaired) electrons. The molecule has 12 nitrogen and oxygen atoms in total. The molecule has 3 heterocycles. The van der Waals surface area contributed by atoms with E-state index in [1.165, 1.54) is 24.3 Å². The van der Waals surface area contributed by atoms with Gasteiger partial charge in [-0.15, -0.1) is 0 Å². The monoisotopic (exact) mass is 595 g/mol. The Balaban J connectivity index is 1.28. The van der Waals surface area contributed by atoms with E-state index in [1.807, 2.05) is 0 Å². The lowest BCUT2D eigenvalue weighted by Gasteiger charge is -2.25. The first-order valence-corrected chi connectivity index (χ1v) is 12.6. The number of amides is 3. The van der Waals surface area contributed by atoms with Crippen LogP contribution in [0.4, 0.5) is 28.9 Å². The molecule has 43 heavy (non-hydrogen) atoms. The number of nitro groups is 1. The number of hydrogen-bond donors (Lipinski definition) is 0. The minimum Gasteiger partial charge on any atom is -0.271 e. The van der Waals surface area contributed by atoms with E-state index in [1.54, 1.807) is 30.3 Å². The van der Waals surface area contributed by atoms with Crippen LogP contribution in [0.1, 0.15) is 23.6 Å². The highest BCUT2D eigenvalue weighted by Crippen LogP contribution is 2.37. The number of fused-ring (bicyclic) bond motifs is 1. The first kappa shape index (κ1) is 27.6. The number of benzene rings is 3. The highest BCUT2D eigenvalue weighted by molar-refractivity contribution is 6.25. The number of hydrazone groups is 1. The van der Waals surface area contributed by atoms with Gasteiger partial charge in [-0.25, -0.2) is 27.5 Å². The van der Waals surface area contributed by atoms with Gasteiger partial charge in [0.25, 0.3) is 23.4 Å². The number of imide groups is 1. The van der Waals surface area contributed by atoms with Crippen LogP contribution in [-0.4, -0.2) is 57.0 Å². The smallest absolute Gasteiger partial charge is 0.269 e. The van der Waals surface area contributed by atoms with E-state index in [0.29, 0.717) is 16.8 Å². The first-order valence-electron chi connectivity index (χ1n) is 12.6. The Morgan fingerprint density at radius 3 is 2.23 bits per heavy atom. The zero-order valence-electron chi connectivity index (χ0n) is 21.6. The van der Waals surface area contributed by atoms with Gasteiger partial charge in [-0.05, 0) is 11.1 Å². The van der Waals surface area contributed by atoms with Crippen LogP contribution in [0.25, 0.3) is 0 Å². The minimum absolute atomic E-state index is 0.0387. The molecule has 0 aromatic heterocycles. The summed E-state index contributed by atoms with van der Waals surface area (Å²) < 4.78 is 56.6. The van der Waals surface area contributed by atoms with E-state index in [0.717, 1.165) is 10.0 Å². The molecule has 0 bridgehead atoms. The molecule has 3 aromatic rings. The third kappa shape index (κ3) is 4.56. The summed E-state index contributed by atoms with van der Waals surface area (Å²) in [6, 6.07) is 10.4. The van der Waals surface area contributed by atoms with E-state index in [4.69, 9.17) is 0 Å². The second kappa shape index (κ2) is 10.4. The third-order valence-corrected chi connectivity index (χ3v) is 7.23. The van der Waals surface area contributed by atoms with Crippen LogP contribution < -0.4 is 4.90 Å². The number of nitrogens with zero attached hydrogens (tertiary/aromatic N) is 7. The number of rotatable bonds is 6. The zero-order valence-corrected chi connectivity index (χ0v) is 21.6. The number of anilines is 1. The topological polar surface area (TPSA) is 141 Å². The summed E-state index contributed by atoms with van der Waals surface area (Å²) in [4.78, 5) is 50.2. The van der Waals surface area contributed by atoms with Crippen molar-refractivity contribution in [1.29, 1.82) is 0 Å². The Morgan fingerprint density at radius 2 is 1.60 bits per heavy atom. The summed E-state index contributed by atoms with van der Waals surface area (Å²) >= 11 is 0. The lowest BCUT2D eigenvalue weighted by molar-refractivity contribution is -0.384. The largest absolute Gasteiger partial charge is 0.271 e. The minimum atomic E-state index is -1.95. The number of halogens is 4. The maximum atomic E-state index is 14.5. The molecule has 3 aromatic carbocycles. The SMILES string of the molecule is O=C1C2N=NN(CC(=O)N3N=C(c4ccccc4)CC3c3ccc([N+](=O)[O-])cc3)C2C(=O)N1c1c(F)c(F)cc(F)c1F. The summed E-state index contributed by atoms with van der Waals surface area (Å²) in [5, 5.41) is 24.9. The van der Waals surface area contributed by atoms with Crippen molar-refractivity contribution >= 4 is 34.8 Å². The molecule has 0 spiro atoms. The fourth-order valence-corrected chi connectivity index (χ4v) is 5.17. The van der Waals surface area contributed by atoms with Gasteiger partial charge in [-0.2, -0.15) is 10.2 Å². The highest BCUT2D eigenvalue weighted by atomic mass is 19.2. The van der Waals surface area contributed by atoms with Crippen molar-refractivity contribution < 1.29 is 36.9 Å². The Labute approximate surface area is 238 Å². The van der Waals surface area contributed by atoms with Crippen molar-refractivity contribution in [2.24, 2.45) is 15.4 Å². The quantitative estimate of drug-likeness (QED) is 0.140. The fourth-order valence-electron chi connectivity index (χ4n) is 5.17. The van der Waals surface area contributed by atoms with Gasteiger partial charge in [0, 0.05) is 24.6 Å². The van der Waals surface area contributed by atoms with E-state index in [-0.39, 0.29) is 23.1 Å². The second-order valence-electron chi connectivity index (χ2n) is 9.74. The number of carbonyl (C=O) groups excluding carboxylic acids is 3. The van der Waals surface area contributed by atoms with Crippen LogP contribution in [0.15, 0.2) is 76.1 Å². The van der Waals surface area contributed by atoms with E-state index >= 15 is 0 Å². The summed E-state index contributed by atoms with van der Waals surface area (Å²) in [5.74, 6) is -10.8. The maximum Gasteiger partial charge on any atom is 0.269 e. The van der Waals surface area contributed by atoms with Gasteiger partial charge < -0.3 is 0 Å². The normalized spacial score (nSPS) is 21.1. The van der Waals surface area contributed by atoms with Crippen molar-refractivity contribution in [1.82, 2.24) is 10.0 Å². The number of carbonyl (C=O) groups is 3. The predicted molar refractivity (Wildman–Crippen MR) is 138 cm³/mol.